The molecule has 0 radical (unpaired) electrons. The third-order valence-electron chi connectivity index (χ3n) is 4.04. The number of aliphatic carboxylic acids is 1. The van der Waals surface area contributed by atoms with Crippen molar-refractivity contribution in [1.82, 2.24) is 4.90 Å². The summed E-state index contributed by atoms with van der Waals surface area (Å²) < 4.78 is 0. The van der Waals surface area contributed by atoms with Crippen molar-refractivity contribution in [3.8, 4) is 0 Å². The van der Waals surface area contributed by atoms with Gasteiger partial charge in [-0.3, -0.25) is 9.59 Å². The summed E-state index contributed by atoms with van der Waals surface area (Å²) in [5.74, 6) is -0.490. The highest BCUT2D eigenvalue weighted by Gasteiger charge is 2.31. The lowest BCUT2D eigenvalue weighted by Crippen LogP contribution is -2.46. The van der Waals surface area contributed by atoms with Crippen LogP contribution in [0.15, 0.2) is 30.3 Å². The molecule has 0 bridgehead atoms. The predicted octanol–water partition coefficient (Wildman–Crippen LogP) is 2.79. The highest BCUT2D eigenvalue weighted by atomic mass is 16.4. The Morgan fingerprint density at radius 2 is 2.00 bits per heavy atom. The first-order chi connectivity index (χ1) is 9.61. The van der Waals surface area contributed by atoms with Gasteiger partial charge in [-0.2, -0.15) is 0 Å². The first-order valence-corrected chi connectivity index (χ1v) is 7.19. The van der Waals surface area contributed by atoms with Gasteiger partial charge < -0.3 is 10.0 Å². The number of hydrogen-bond acceptors (Lipinski definition) is 2. The maximum Gasteiger partial charge on any atom is 0.303 e. The molecule has 2 atom stereocenters. The van der Waals surface area contributed by atoms with E-state index in [-0.39, 0.29) is 24.3 Å². The number of amides is 1. The first kappa shape index (κ1) is 14.6. The van der Waals surface area contributed by atoms with Crippen LogP contribution in [-0.4, -0.2) is 34.5 Å². The Labute approximate surface area is 119 Å². The largest absolute Gasteiger partial charge is 0.481 e. The summed E-state index contributed by atoms with van der Waals surface area (Å²) in [5.41, 5.74) is 0.711. The number of benzene rings is 1. The van der Waals surface area contributed by atoms with Crippen LogP contribution in [0.5, 0.6) is 0 Å². The van der Waals surface area contributed by atoms with Crippen molar-refractivity contribution in [2.45, 2.75) is 38.6 Å². The topological polar surface area (TPSA) is 57.6 Å². The third-order valence-corrected chi connectivity index (χ3v) is 4.04. The number of hydrogen-bond donors (Lipinski definition) is 1. The van der Waals surface area contributed by atoms with Crippen molar-refractivity contribution < 1.29 is 14.7 Å². The molecule has 1 aromatic rings. The van der Waals surface area contributed by atoms with E-state index in [1.165, 1.54) is 0 Å². The van der Waals surface area contributed by atoms with Crippen molar-refractivity contribution in [2.75, 3.05) is 6.54 Å². The van der Waals surface area contributed by atoms with E-state index in [2.05, 4.69) is 6.92 Å². The van der Waals surface area contributed by atoms with Gasteiger partial charge in [0.2, 0.25) is 0 Å². The van der Waals surface area contributed by atoms with Crippen LogP contribution < -0.4 is 0 Å². The molecular formula is C16H21NO3. The number of likely N-dealkylation sites (tertiary alicyclic amines) is 1. The van der Waals surface area contributed by atoms with E-state index >= 15 is 0 Å². The normalized spacial score (nSPS) is 22.6. The van der Waals surface area contributed by atoms with Crippen LogP contribution in [0.1, 0.15) is 43.0 Å². The summed E-state index contributed by atoms with van der Waals surface area (Å²) in [5, 5.41) is 8.90. The molecular weight excluding hydrogens is 254 g/mol. The number of rotatable bonds is 4. The molecule has 1 amide bonds. The molecule has 0 aliphatic carbocycles. The minimum atomic E-state index is -0.743. The molecule has 20 heavy (non-hydrogen) atoms. The van der Waals surface area contributed by atoms with Crippen molar-refractivity contribution in [3.63, 3.8) is 0 Å². The number of nitrogens with zero attached hydrogens (tertiary/aromatic N) is 1. The van der Waals surface area contributed by atoms with Crippen LogP contribution in [0.3, 0.4) is 0 Å². The highest BCUT2D eigenvalue weighted by molar-refractivity contribution is 5.94. The fourth-order valence-corrected chi connectivity index (χ4v) is 2.97. The van der Waals surface area contributed by atoms with Gasteiger partial charge in [-0.15, -0.1) is 0 Å². The van der Waals surface area contributed by atoms with Gasteiger partial charge >= 0.3 is 5.97 Å². The van der Waals surface area contributed by atoms with E-state index < -0.39 is 5.97 Å². The zero-order valence-corrected chi connectivity index (χ0v) is 11.8. The van der Waals surface area contributed by atoms with E-state index in [1.807, 2.05) is 35.2 Å². The molecule has 2 unspecified atom stereocenters. The van der Waals surface area contributed by atoms with E-state index in [9.17, 15) is 9.59 Å². The maximum absolute atomic E-state index is 12.5. The molecule has 1 saturated heterocycles. The molecule has 1 aliphatic heterocycles. The lowest BCUT2D eigenvalue weighted by Gasteiger charge is -2.39. The lowest BCUT2D eigenvalue weighted by molar-refractivity contribution is -0.138. The summed E-state index contributed by atoms with van der Waals surface area (Å²) in [6, 6.07) is 9.45. The van der Waals surface area contributed by atoms with Gasteiger partial charge in [0, 0.05) is 24.6 Å². The molecule has 1 aromatic carbocycles. The van der Waals surface area contributed by atoms with Crippen LogP contribution >= 0.6 is 0 Å². The standard InChI is InChI=1S/C16H21NO3/c1-2-14-10-12(11-15(18)19)8-9-17(14)16(20)13-6-4-3-5-7-13/h3-7,12,14H,2,8-11H2,1H3,(H,18,19). The number of carboxylic acid groups (broad SMARTS) is 1. The molecule has 1 heterocycles. The summed E-state index contributed by atoms with van der Waals surface area (Å²) in [4.78, 5) is 25.2. The second kappa shape index (κ2) is 6.55. The average molecular weight is 275 g/mol. The second-order valence-electron chi connectivity index (χ2n) is 5.41. The zero-order chi connectivity index (χ0) is 14.5. The summed E-state index contributed by atoms with van der Waals surface area (Å²) >= 11 is 0. The summed E-state index contributed by atoms with van der Waals surface area (Å²) in [6.45, 7) is 2.71. The van der Waals surface area contributed by atoms with Crippen LogP contribution in [-0.2, 0) is 4.79 Å². The van der Waals surface area contributed by atoms with E-state index in [4.69, 9.17) is 5.11 Å². The first-order valence-electron chi connectivity index (χ1n) is 7.19. The van der Waals surface area contributed by atoms with Gasteiger partial charge in [0.1, 0.15) is 0 Å². The Hall–Kier alpha value is -1.84. The molecule has 0 spiro atoms. The van der Waals surface area contributed by atoms with Crippen molar-refractivity contribution in [1.29, 1.82) is 0 Å². The van der Waals surface area contributed by atoms with Crippen molar-refractivity contribution in [3.05, 3.63) is 35.9 Å². The SMILES string of the molecule is CCC1CC(CC(=O)O)CCN1C(=O)c1ccccc1. The number of piperidine rings is 1. The van der Waals surface area contributed by atoms with Gasteiger partial charge in [0.25, 0.3) is 5.91 Å². The van der Waals surface area contributed by atoms with Gasteiger partial charge in [-0.05, 0) is 37.3 Å². The molecule has 4 nitrogen and oxygen atoms in total. The molecule has 0 saturated carbocycles. The summed E-state index contributed by atoms with van der Waals surface area (Å²) in [6.07, 6.45) is 2.65. The summed E-state index contributed by atoms with van der Waals surface area (Å²) in [7, 11) is 0. The lowest BCUT2D eigenvalue weighted by atomic mass is 9.87. The molecule has 4 heteroatoms. The zero-order valence-electron chi connectivity index (χ0n) is 11.8. The molecule has 2 rings (SSSR count). The Kier molecular flexibility index (Phi) is 4.77. The molecule has 1 N–H and O–H groups in total. The second-order valence-corrected chi connectivity index (χ2v) is 5.41. The molecule has 1 fully saturated rings. The van der Waals surface area contributed by atoms with Crippen LogP contribution in [0, 0.1) is 5.92 Å². The fourth-order valence-electron chi connectivity index (χ4n) is 2.97. The number of carbonyl (C=O) groups excluding carboxylic acids is 1. The monoisotopic (exact) mass is 275 g/mol. The smallest absolute Gasteiger partial charge is 0.303 e. The van der Waals surface area contributed by atoms with Gasteiger partial charge in [0.15, 0.2) is 0 Å². The molecule has 108 valence electrons. The van der Waals surface area contributed by atoms with Gasteiger partial charge in [0.05, 0.1) is 0 Å². The van der Waals surface area contributed by atoms with Crippen LogP contribution in [0.4, 0.5) is 0 Å². The quantitative estimate of drug-likeness (QED) is 0.919. The minimum Gasteiger partial charge on any atom is -0.481 e. The maximum atomic E-state index is 12.5. The number of carboxylic acids is 1. The molecule has 1 aliphatic rings. The minimum absolute atomic E-state index is 0.0613. The Balaban J connectivity index is 2.06. The number of carbonyl (C=O) groups is 2. The highest BCUT2D eigenvalue weighted by Crippen LogP contribution is 2.28. The van der Waals surface area contributed by atoms with E-state index in [1.54, 1.807) is 0 Å². The third kappa shape index (κ3) is 3.38. The average Bonchev–Trinajstić information content (AvgIpc) is 2.46. The van der Waals surface area contributed by atoms with E-state index in [0.717, 1.165) is 19.3 Å². The predicted molar refractivity (Wildman–Crippen MR) is 76.5 cm³/mol. The Morgan fingerprint density at radius 3 is 2.60 bits per heavy atom. The van der Waals surface area contributed by atoms with E-state index in [0.29, 0.717) is 12.1 Å². The van der Waals surface area contributed by atoms with Crippen LogP contribution in [0.2, 0.25) is 0 Å². The van der Waals surface area contributed by atoms with Crippen molar-refractivity contribution in [2.24, 2.45) is 5.92 Å². The molecule has 0 aromatic heterocycles. The fraction of sp³-hybridized carbons (Fsp3) is 0.500. The van der Waals surface area contributed by atoms with Gasteiger partial charge in [-0.1, -0.05) is 25.1 Å². The van der Waals surface area contributed by atoms with Gasteiger partial charge in [-0.25, -0.2) is 0 Å². The van der Waals surface area contributed by atoms with Crippen molar-refractivity contribution >= 4 is 11.9 Å². The Bertz CT molecular complexity index is 472. The van der Waals surface area contributed by atoms with Crippen LogP contribution in [0.25, 0.3) is 0 Å². The Morgan fingerprint density at radius 1 is 1.30 bits per heavy atom.